The number of hydrogen-bond donors (Lipinski definition) is 1. The van der Waals surface area contributed by atoms with Crippen LogP contribution in [0.1, 0.15) is 60.9 Å². The molecule has 1 amide bonds. The SMILES string of the molecule is CCc1oc(C(=O)NC[C@@H]2C[C@@H]3C=C[C@@H]2C32CC2)cc1CN1CCCC1. The van der Waals surface area contributed by atoms with Crippen molar-refractivity contribution in [2.24, 2.45) is 23.2 Å². The third-order valence-corrected chi connectivity index (χ3v) is 7.40. The summed E-state index contributed by atoms with van der Waals surface area (Å²) in [6, 6.07) is 1.98. The van der Waals surface area contributed by atoms with Crippen LogP contribution in [-0.2, 0) is 13.0 Å². The summed E-state index contributed by atoms with van der Waals surface area (Å²) in [6.07, 6.45) is 12.3. The van der Waals surface area contributed by atoms with E-state index in [1.165, 1.54) is 37.7 Å². The van der Waals surface area contributed by atoms with Gasteiger partial charge in [0, 0.05) is 25.1 Å². The van der Waals surface area contributed by atoms with Crippen molar-refractivity contribution < 1.29 is 9.21 Å². The van der Waals surface area contributed by atoms with E-state index in [4.69, 9.17) is 4.42 Å². The minimum absolute atomic E-state index is 0.0380. The largest absolute Gasteiger partial charge is 0.456 e. The van der Waals surface area contributed by atoms with E-state index in [1.54, 1.807) is 0 Å². The second-order valence-corrected chi connectivity index (χ2v) is 8.85. The molecule has 3 atom stereocenters. The van der Waals surface area contributed by atoms with E-state index >= 15 is 0 Å². The molecule has 4 aliphatic rings. The molecule has 0 unspecified atom stereocenters. The van der Waals surface area contributed by atoms with E-state index < -0.39 is 0 Å². The maximum Gasteiger partial charge on any atom is 0.287 e. The Morgan fingerprint density at radius 2 is 2.12 bits per heavy atom. The number of rotatable bonds is 6. The zero-order chi connectivity index (χ0) is 17.7. The van der Waals surface area contributed by atoms with Crippen molar-refractivity contribution in [2.75, 3.05) is 19.6 Å². The van der Waals surface area contributed by atoms with Crippen molar-refractivity contribution in [1.29, 1.82) is 0 Å². The molecule has 4 heteroatoms. The van der Waals surface area contributed by atoms with E-state index in [0.717, 1.165) is 44.3 Å². The maximum atomic E-state index is 12.7. The predicted molar refractivity (Wildman–Crippen MR) is 101 cm³/mol. The summed E-state index contributed by atoms with van der Waals surface area (Å²) in [5, 5.41) is 3.17. The number of carbonyl (C=O) groups excluding carboxylic acids is 1. The van der Waals surface area contributed by atoms with Crippen LogP contribution < -0.4 is 5.32 Å². The molecule has 1 aromatic heterocycles. The zero-order valence-electron chi connectivity index (χ0n) is 15.8. The lowest BCUT2D eigenvalue weighted by Gasteiger charge is -2.19. The molecule has 1 saturated heterocycles. The summed E-state index contributed by atoms with van der Waals surface area (Å²) < 4.78 is 5.91. The second kappa shape index (κ2) is 6.26. The molecule has 2 bridgehead atoms. The van der Waals surface area contributed by atoms with Gasteiger partial charge in [0.15, 0.2) is 5.76 Å². The molecule has 3 fully saturated rings. The van der Waals surface area contributed by atoms with Crippen LogP contribution in [0.3, 0.4) is 0 Å². The topological polar surface area (TPSA) is 45.5 Å². The molecule has 4 nitrogen and oxygen atoms in total. The van der Waals surface area contributed by atoms with Crippen molar-refractivity contribution in [3.8, 4) is 0 Å². The molecular formula is C22H30N2O2. The number of hydrogen-bond acceptors (Lipinski definition) is 3. The van der Waals surface area contributed by atoms with E-state index in [0.29, 0.717) is 23.0 Å². The lowest BCUT2D eigenvalue weighted by atomic mass is 9.89. The average Bonchev–Trinajstić information content (AvgIpc) is 2.96. The molecule has 2 saturated carbocycles. The van der Waals surface area contributed by atoms with Gasteiger partial charge in [-0.3, -0.25) is 9.69 Å². The third-order valence-electron chi connectivity index (χ3n) is 7.40. The summed E-state index contributed by atoms with van der Waals surface area (Å²) in [6.45, 7) is 6.13. The van der Waals surface area contributed by atoms with Crippen molar-refractivity contribution in [3.63, 3.8) is 0 Å². The van der Waals surface area contributed by atoms with E-state index in [1.807, 2.05) is 6.07 Å². The number of nitrogens with zero attached hydrogens (tertiary/aromatic N) is 1. The van der Waals surface area contributed by atoms with Crippen molar-refractivity contribution >= 4 is 5.91 Å². The first kappa shape index (κ1) is 16.6. The molecule has 140 valence electrons. The highest BCUT2D eigenvalue weighted by Gasteiger charge is 2.62. The minimum Gasteiger partial charge on any atom is -0.456 e. The Morgan fingerprint density at radius 1 is 1.31 bits per heavy atom. The first-order valence-electron chi connectivity index (χ1n) is 10.5. The Hall–Kier alpha value is -1.55. The van der Waals surface area contributed by atoms with Crippen LogP contribution in [0.5, 0.6) is 0 Å². The van der Waals surface area contributed by atoms with E-state index in [9.17, 15) is 4.79 Å². The summed E-state index contributed by atoms with van der Waals surface area (Å²) in [7, 11) is 0. The molecular weight excluding hydrogens is 324 g/mol. The van der Waals surface area contributed by atoms with Gasteiger partial charge in [-0.15, -0.1) is 0 Å². The maximum absolute atomic E-state index is 12.7. The van der Waals surface area contributed by atoms with Crippen LogP contribution >= 0.6 is 0 Å². The van der Waals surface area contributed by atoms with E-state index in [2.05, 4.69) is 29.3 Å². The monoisotopic (exact) mass is 354 g/mol. The lowest BCUT2D eigenvalue weighted by molar-refractivity contribution is 0.0914. The van der Waals surface area contributed by atoms with Crippen LogP contribution in [0.15, 0.2) is 22.6 Å². The Morgan fingerprint density at radius 3 is 2.81 bits per heavy atom. The van der Waals surface area contributed by atoms with E-state index in [-0.39, 0.29) is 5.91 Å². The second-order valence-electron chi connectivity index (χ2n) is 8.85. The molecule has 1 aromatic rings. The van der Waals surface area contributed by atoms with Crippen molar-refractivity contribution in [3.05, 3.63) is 35.3 Å². The van der Waals surface area contributed by atoms with Gasteiger partial charge in [0.05, 0.1) is 0 Å². The Kier molecular flexibility index (Phi) is 4.00. The highest BCUT2D eigenvalue weighted by Crippen LogP contribution is 2.69. The number of amides is 1. The molecule has 3 aliphatic carbocycles. The standard InChI is InChI=1S/C22H30N2O2/c1-2-19-16(14-24-9-3-4-10-24)12-20(26-19)21(25)23-13-15-11-17-5-6-18(15)22(17)7-8-22/h5-6,12,15,17-18H,2-4,7-11,13-14H2,1H3,(H,23,25)/t15-,17-,18-/m0/s1. The summed E-state index contributed by atoms with van der Waals surface area (Å²) in [5.41, 5.74) is 1.79. The van der Waals surface area contributed by atoms with Crippen LogP contribution in [-0.4, -0.2) is 30.4 Å². The fourth-order valence-corrected chi connectivity index (χ4v) is 5.86. The smallest absolute Gasteiger partial charge is 0.287 e. The van der Waals surface area contributed by atoms with Gasteiger partial charge in [0.25, 0.3) is 5.91 Å². The molecule has 0 aromatic carbocycles. The highest BCUT2D eigenvalue weighted by atomic mass is 16.4. The van der Waals surface area contributed by atoms with Crippen LogP contribution in [0, 0.1) is 23.2 Å². The van der Waals surface area contributed by atoms with Gasteiger partial charge in [0.1, 0.15) is 5.76 Å². The quantitative estimate of drug-likeness (QED) is 0.791. The number of likely N-dealkylation sites (tertiary alicyclic amines) is 1. The van der Waals surface area contributed by atoms with Crippen LogP contribution in [0.2, 0.25) is 0 Å². The van der Waals surface area contributed by atoms with Gasteiger partial charge in [-0.25, -0.2) is 0 Å². The molecule has 1 spiro atoms. The van der Waals surface area contributed by atoms with Gasteiger partial charge in [0.2, 0.25) is 0 Å². The number of furan rings is 1. The Labute approximate surface area is 156 Å². The van der Waals surface area contributed by atoms with Gasteiger partial charge in [-0.2, -0.15) is 0 Å². The number of carbonyl (C=O) groups is 1. The molecule has 1 aliphatic heterocycles. The molecule has 2 heterocycles. The highest BCUT2D eigenvalue weighted by molar-refractivity contribution is 5.91. The van der Waals surface area contributed by atoms with Crippen molar-refractivity contribution in [2.45, 2.75) is 52.0 Å². The van der Waals surface area contributed by atoms with Gasteiger partial charge < -0.3 is 9.73 Å². The molecule has 26 heavy (non-hydrogen) atoms. The Balaban J connectivity index is 1.21. The molecule has 0 radical (unpaired) electrons. The summed E-state index contributed by atoms with van der Waals surface area (Å²) >= 11 is 0. The number of aryl methyl sites for hydroxylation is 1. The van der Waals surface area contributed by atoms with Gasteiger partial charge >= 0.3 is 0 Å². The molecule has 5 rings (SSSR count). The third kappa shape index (κ3) is 2.65. The van der Waals surface area contributed by atoms with Crippen LogP contribution in [0.4, 0.5) is 0 Å². The minimum atomic E-state index is -0.0380. The summed E-state index contributed by atoms with van der Waals surface area (Å²) in [5.74, 6) is 3.51. The van der Waals surface area contributed by atoms with Gasteiger partial charge in [-0.1, -0.05) is 19.1 Å². The number of nitrogens with one attached hydrogen (secondary N) is 1. The average molecular weight is 354 g/mol. The first-order valence-corrected chi connectivity index (χ1v) is 10.5. The summed E-state index contributed by atoms with van der Waals surface area (Å²) in [4.78, 5) is 15.1. The molecule has 1 N–H and O–H groups in total. The predicted octanol–water partition coefficient (Wildman–Crippen LogP) is 3.77. The van der Waals surface area contributed by atoms with Crippen molar-refractivity contribution in [1.82, 2.24) is 10.2 Å². The lowest BCUT2D eigenvalue weighted by Crippen LogP contribution is -2.31. The van der Waals surface area contributed by atoms with Gasteiger partial charge in [-0.05, 0) is 74.4 Å². The normalized spacial score (nSPS) is 31.2. The Bertz CT molecular complexity index is 725. The first-order chi connectivity index (χ1) is 12.7. The van der Waals surface area contributed by atoms with Crippen LogP contribution in [0.25, 0.3) is 0 Å². The fraction of sp³-hybridized carbons (Fsp3) is 0.682. The number of allylic oxidation sites excluding steroid dienone is 2. The fourth-order valence-electron chi connectivity index (χ4n) is 5.86. The zero-order valence-corrected chi connectivity index (χ0v) is 15.8.